The second kappa shape index (κ2) is 45.1. The first-order valence-corrected chi connectivity index (χ1v) is 41.3. The number of benzene rings is 10. The summed E-state index contributed by atoms with van der Waals surface area (Å²) in [6.45, 7) is 7.77. The summed E-state index contributed by atoms with van der Waals surface area (Å²) < 4.78 is 91.0. The van der Waals surface area contributed by atoms with Gasteiger partial charge in [-0.3, -0.25) is 48.9 Å². The molecule has 15 rings (SSSR count). The Balaban J connectivity index is 0.000000159. The first-order chi connectivity index (χ1) is 63.1. The third kappa shape index (κ3) is 28.0. The Bertz CT molecular complexity index is 6300. The minimum Gasteiger partial charge on any atom is -0.343 e. The van der Waals surface area contributed by atoms with Crippen LogP contribution in [0, 0.1) is 45.9 Å². The fourth-order valence-electron chi connectivity index (χ4n) is 12.9. The summed E-state index contributed by atoms with van der Waals surface area (Å²) in [6, 6.07) is 79.6. The molecule has 0 atom stereocenters. The molecule has 5 heterocycles. The lowest BCUT2D eigenvalue weighted by Crippen LogP contribution is -2.14. The minimum absolute atomic E-state index is 0.132. The maximum absolute atomic E-state index is 13.4. The van der Waals surface area contributed by atoms with Gasteiger partial charge in [0.05, 0.1) is 86.8 Å². The molecular formula is C103H88Cl2F7N15O5. The predicted molar refractivity (Wildman–Crippen MR) is 513 cm³/mol. The van der Waals surface area contributed by atoms with Gasteiger partial charge in [0.1, 0.15) is 5.82 Å². The Kier molecular flexibility index (Phi) is 33.0. The molecule has 0 saturated heterocycles. The van der Waals surface area contributed by atoms with Crippen LogP contribution in [0.3, 0.4) is 0 Å². The van der Waals surface area contributed by atoms with Crippen LogP contribution in [0.25, 0.3) is 0 Å². The minimum atomic E-state index is -4.48. The summed E-state index contributed by atoms with van der Waals surface area (Å²) in [7, 11) is 8.93. The van der Waals surface area contributed by atoms with Gasteiger partial charge < -0.3 is 51.1 Å². The van der Waals surface area contributed by atoms with Gasteiger partial charge in [-0.1, -0.05) is 136 Å². The molecule has 668 valence electrons. The lowest BCUT2D eigenvalue weighted by molar-refractivity contribution is -0.138. The Labute approximate surface area is 769 Å². The molecule has 10 aromatic carbocycles. The number of rotatable bonds is 20. The fraction of sp³-hybridized carbons (Fsp3) is 0.107. The number of nitrogens with zero attached hydrogens (tertiary/aromatic N) is 10. The Morgan fingerprint density at radius 2 is 0.523 bits per heavy atom. The molecule has 0 fully saturated rings. The van der Waals surface area contributed by atoms with Crippen molar-refractivity contribution >= 4 is 138 Å². The van der Waals surface area contributed by atoms with Crippen molar-refractivity contribution in [2.45, 2.75) is 40.0 Å². The molecule has 132 heavy (non-hydrogen) atoms. The summed E-state index contributed by atoms with van der Waals surface area (Å²) >= 11 is 12.0. The van der Waals surface area contributed by atoms with Crippen LogP contribution >= 0.6 is 23.2 Å². The van der Waals surface area contributed by atoms with Gasteiger partial charge in [0.15, 0.2) is 0 Å². The normalized spacial score (nSPS) is 10.6. The van der Waals surface area contributed by atoms with Crippen molar-refractivity contribution in [3.8, 4) is 12.3 Å². The predicted octanol–water partition coefficient (Wildman–Crippen LogP) is 25.2. The van der Waals surface area contributed by atoms with E-state index in [-0.39, 0.29) is 40.9 Å². The largest absolute Gasteiger partial charge is 0.417 e. The Morgan fingerprint density at radius 3 is 0.773 bits per heavy atom. The number of carbonyl (C=O) groups is 5. The van der Waals surface area contributed by atoms with Crippen molar-refractivity contribution in [1.29, 1.82) is 0 Å². The monoisotopic (exact) mass is 1820 g/mol. The van der Waals surface area contributed by atoms with E-state index in [2.05, 4.69) is 57.4 Å². The maximum atomic E-state index is 13.4. The van der Waals surface area contributed by atoms with E-state index in [0.717, 1.165) is 92.8 Å². The number of anilines is 15. The number of pyridine rings is 5. The van der Waals surface area contributed by atoms with Gasteiger partial charge in [-0.15, -0.1) is 6.42 Å². The first kappa shape index (κ1) is 96.6. The molecule has 29 heteroatoms. The highest BCUT2D eigenvalue weighted by Crippen LogP contribution is 2.37. The third-order valence-electron chi connectivity index (χ3n) is 20.0. The SMILES string of the molecule is C#Cc1cccc(C(=O)Nc2cccc(N(C)c3cncc(C(F)(F)F)c3)c2)c1.Cc1cccc(C(=O)Nc2cccc(N(C)c3cncc(C(F)(F)F)c3)c2)c1.Cc1cccc(C(=O)Nc2cccc(N(C)c3cncc(Cl)c3)c2)c1.Cc1cccc(C(=O)Nc2cccc(N(C)c3cncc(Cl)c3)c2)c1.Cc1cccc(C(=O)Nc2cccc(N(C)c3cncc(F)c3)c2)c1. The average Bonchev–Trinajstić information content (AvgIpc) is 0.803. The highest BCUT2D eigenvalue weighted by Gasteiger charge is 2.33. The van der Waals surface area contributed by atoms with Crippen molar-refractivity contribution in [3.63, 3.8) is 0 Å². The van der Waals surface area contributed by atoms with E-state index < -0.39 is 29.3 Å². The van der Waals surface area contributed by atoms with Gasteiger partial charge in [0.2, 0.25) is 0 Å². The van der Waals surface area contributed by atoms with E-state index >= 15 is 0 Å². The molecule has 5 amide bonds. The van der Waals surface area contributed by atoms with Crippen molar-refractivity contribution in [1.82, 2.24) is 24.9 Å². The average molecular weight is 1820 g/mol. The third-order valence-corrected chi connectivity index (χ3v) is 20.4. The van der Waals surface area contributed by atoms with Gasteiger partial charge in [-0.25, -0.2) is 4.39 Å². The number of alkyl halides is 6. The lowest BCUT2D eigenvalue weighted by Gasteiger charge is -2.21. The molecule has 0 unspecified atom stereocenters. The van der Waals surface area contributed by atoms with Crippen LogP contribution in [0.15, 0.2) is 335 Å². The summed E-state index contributed by atoms with van der Waals surface area (Å²) in [5.74, 6) is 1.04. The number of nitrogens with one attached hydrogen (secondary N) is 5. The zero-order chi connectivity index (χ0) is 94.8. The molecule has 0 aliphatic rings. The number of amides is 5. The van der Waals surface area contributed by atoms with E-state index in [1.165, 1.54) is 18.5 Å². The quantitative estimate of drug-likeness (QED) is 0.0353. The Hall–Kier alpha value is -16.1. The van der Waals surface area contributed by atoms with E-state index in [9.17, 15) is 54.7 Å². The number of hydrogen-bond acceptors (Lipinski definition) is 15. The number of halogens is 9. The van der Waals surface area contributed by atoms with E-state index in [1.807, 2.05) is 204 Å². The van der Waals surface area contributed by atoms with Gasteiger partial charge in [0.25, 0.3) is 29.5 Å². The van der Waals surface area contributed by atoms with Gasteiger partial charge in [-0.05, 0) is 210 Å². The number of aryl methyl sites for hydroxylation is 4. The number of terminal acetylenes is 1. The molecule has 0 spiro atoms. The molecule has 20 nitrogen and oxygen atoms in total. The van der Waals surface area contributed by atoms with Crippen molar-refractivity contribution < 1.29 is 54.7 Å². The van der Waals surface area contributed by atoms with Crippen molar-refractivity contribution in [2.24, 2.45) is 0 Å². The molecule has 5 aromatic heterocycles. The second-order valence-electron chi connectivity index (χ2n) is 30.0. The molecule has 0 saturated carbocycles. The van der Waals surface area contributed by atoms with Crippen LogP contribution in [0.2, 0.25) is 10.0 Å². The van der Waals surface area contributed by atoms with Crippen LogP contribution < -0.4 is 51.1 Å². The standard InChI is InChI=1S/C22H16F3N3O.C21H18F3N3O.2C20H18ClN3O.C20H18FN3O/c1-3-15-6-4-7-16(10-15)21(29)27-18-8-5-9-19(12-18)28(2)20-11-17(13-26-14-20)22(23,24)25;1-14-5-3-6-15(9-14)20(28)26-17-7-4-8-18(11-17)27(2)19-10-16(12-25-13-19)21(22,23)24;3*1-14-5-3-6-15(9-14)20(25)23-17-7-4-8-18(11-17)24(2)19-10-16(21)12-22-13-19/h1,4-14H,2H3,(H,27,29);3-13H,1-2H3,(H,26,28);3*3-13H,1-2H3,(H,23,25). The van der Waals surface area contributed by atoms with E-state index in [0.29, 0.717) is 77.6 Å². The molecule has 0 bridgehead atoms. The van der Waals surface area contributed by atoms with Crippen LogP contribution in [-0.2, 0) is 12.4 Å². The number of carbonyl (C=O) groups excluding carboxylic acids is 5. The van der Waals surface area contributed by atoms with Gasteiger partial charge in [0, 0.05) is 156 Å². The highest BCUT2D eigenvalue weighted by molar-refractivity contribution is 6.31. The number of aromatic nitrogens is 5. The molecule has 5 N–H and O–H groups in total. The van der Waals surface area contributed by atoms with E-state index in [1.54, 1.807) is 169 Å². The van der Waals surface area contributed by atoms with Crippen LogP contribution in [-0.4, -0.2) is 89.7 Å². The molecule has 0 aliphatic carbocycles. The Morgan fingerprint density at radius 1 is 0.288 bits per heavy atom. The fourth-order valence-corrected chi connectivity index (χ4v) is 13.2. The number of hydrogen-bond donors (Lipinski definition) is 5. The van der Waals surface area contributed by atoms with E-state index in [4.69, 9.17) is 29.6 Å². The zero-order valence-electron chi connectivity index (χ0n) is 72.7. The summed E-state index contributed by atoms with van der Waals surface area (Å²) in [4.78, 5) is 90.4. The molecule has 0 radical (unpaired) electrons. The maximum Gasteiger partial charge on any atom is 0.417 e. The van der Waals surface area contributed by atoms with Crippen LogP contribution in [0.1, 0.15) is 90.7 Å². The van der Waals surface area contributed by atoms with Crippen molar-refractivity contribution in [2.75, 3.05) is 86.3 Å². The summed E-state index contributed by atoms with van der Waals surface area (Å²) in [6.07, 6.45) is 10.1. The van der Waals surface area contributed by atoms with Gasteiger partial charge >= 0.3 is 12.4 Å². The molecular weight excluding hydrogens is 1730 g/mol. The molecule has 15 aromatic rings. The summed E-state index contributed by atoms with van der Waals surface area (Å²) in [5.41, 5.74) is 15.8. The first-order valence-electron chi connectivity index (χ1n) is 40.6. The van der Waals surface area contributed by atoms with Gasteiger partial charge in [-0.2, -0.15) is 26.3 Å². The smallest absolute Gasteiger partial charge is 0.343 e. The topological polar surface area (TPSA) is 226 Å². The summed E-state index contributed by atoms with van der Waals surface area (Å²) in [5, 5.41) is 15.5. The van der Waals surface area contributed by atoms with Crippen LogP contribution in [0.5, 0.6) is 0 Å². The molecule has 0 aliphatic heterocycles. The highest BCUT2D eigenvalue weighted by atomic mass is 35.5. The zero-order valence-corrected chi connectivity index (χ0v) is 74.3. The lowest BCUT2D eigenvalue weighted by atomic mass is 10.1. The van der Waals surface area contributed by atoms with Crippen molar-refractivity contribution in [3.05, 3.63) is 418 Å². The second-order valence-corrected chi connectivity index (χ2v) is 30.8. The van der Waals surface area contributed by atoms with Crippen LogP contribution in [0.4, 0.5) is 116 Å².